The van der Waals surface area contributed by atoms with Crippen LogP contribution < -0.4 is 21.5 Å². The van der Waals surface area contributed by atoms with Gasteiger partial charge in [-0.05, 0) is 61.2 Å². The zero-order valence-electron chi connectivity index (χ0n) is 16.0. The summed E-state index contributed by atoms with van der Waals surface area (Å²) in [6, 6.07) is 7.63. The summed E-state index contributed by atoms with van der Waals surface area (Å²) in [4.78, 5) is 4.17. The molecular weight excluding hydrogens is 374 g/mol. The molecule has 2 aromatic rings. The monoisotopic (exact) mass is 403 g/mol. The highest BCUT2D eigenvalue weighted by atomic mass is 32.2. The third-order valence-electron chi connectivity index (χ3n) is 5.15. The molecule has 1 saturated carbocycles. The summed E-state index contributed by atoms with van der Waals surface area (Å²) < 4.78 is 24.3. The number of primary sulfonamides is 1. The van der Waals surface area contributed by atoms with Gasteiger partial charge in [-0.25, -0.2) is 13.6 Å². The van der Waals surface area contributed by atoms with Gasteiger partial charge in [-0.3, -0.25) is 4.98 Å². The van der Waals surface area contributed by atoms with Crippen LogP contribution in [0.25, 0.3) is 0 Å². The van der Waals surface area contributed by atoms with Crippen LogP contribution >= 0.6 is 0 Å². The van der Waals surface area contributed by atoms with E-state index >= 15 is 0 Å². The number of aromatic nitrogens is 1. The SMILES string of the molecule is NCCc1c(S(N)(=O)=O)ccc(NC2CCCCC2)c1NCc1ccncc1. The normalized spacial score (nSPS) is 15.4. The number of rotatable bonds is 8. The van der Waals surface area contributed by atoms with Crippen LogP contribution in [0.4, 0.5) is 11.4 Å². The Morgan fingerprint density at radius 2 is 1.79 bits per heavy atom. The first kappa shape index (κ1) is 20.6. The van der Waals surface area contributed by atoms with Crippen LogP contribution in [0, 0.1) is 0 Å². The summed E-state index contributed by atoms with van der Waals surface area (Å²) in [5.74, 6) is 0. The molecule has 0 bridgehead atoms. The number of anilines is 2. The molecule has 6 N–H and O–H groups in total. The molecule has 3 rings (SSSR count). The number of sulfonamides is 1. The molecule has 0 spiro atoms. The zero-order chi connectivity index (χ0) is 20.0. The van der Waals surface area contributed by atoms with Gasteiger partial charge in [-0.1, -0.05) is 19.3 Å². The Labute approximate surface area is 167 Å². The topological polar surface area (TPSA) is 123 Å². The predicted molar refractivity (Wildman–Crippen MR) is 113 cm³/mol. The lowest BCUT2D eigenvalue weighted by atomic mass is 9.95. The van der Waals surface area contributed by atoms with Gasteiger partial charge in [-0.15, -0.1) is 0 Å². The van der Waals surface area contributed by atoms with Crippen LogP contribution in [0.5, 0.6) is 0 Å². The van der Waals surface area contributed by atoms with Crippen molar-refractivity contribution in [1.82, 2.24) is 4.98 Å². The van der Waals surface area contributed by atoms with Gasteiger partial charge in [0.2, 0.25) is 10.0 Å². The number of hydrogen-bond acceptors (Lipinski definition) is 6. The first-order chi connectivity index (χ1) is 13.5. The van der Waals surface area contributed by atoms with E-state index in [9.17, 15) is 8.42 Å². The summed E-state index contributed by atoms with van der Waals surface area (Å²) in [5.41, 5.74) is 9.15. The number of nitrogens with one attached hydrogen (secondary N) is 2. The lowest BCUT2D eigenvalue weighted by molar-refractivity contribution is 0.463. The van der Waals surface area contributed by atoms with Crippen molar-refractivity contribution in [2.75, 3.05) is 17.2 Å². The number of nitrogens with two attached hydrogens (primary N) is 2. The maximum Gasteiger partial charge on any atom is 0.238 e. The first-order valence-corrected chi connectivity index (χ1v) is 11.3. The molecule has 0 unspecified atom stereocenters. The fraction of sp³-hybridized carbons (Fsp3) is 0.450. The summed E-state index contributed by atoms with van der Waals surface area (Å²) in [6.45, 7) is 0.882. The molecule has 1 aliphatic rings. The number of nitrogens with zero attached hydrogens (tertiary/aromatic N) is 1. The highest BCUT2D eigenvalue weighted by Crippen LogP contribution is 2.34. The largest absolute Gasteiger partial charge is 0.381 e. The van der Waals surface area contributed by atoms with Gasteiger partial charge in [0.05, 0.1) is 16.3 Å². The van der Waals surface area contributed by atoms with Crippen molar-refractivity contribution in [2.45, 2.75) is 56.0 Å². The van der Waals surface area contributed by atoms with E-state index in [1.165, 1.54) is 19.3 Å². The maximum atomic E-state index is 12.1. The summed E-state index contributed by atoms with van der Waals surface area (Å²) in [7, 11) is -3.84. The van der Waals surface area contributed by atoms with Gasteiger partial charge < -0.3 is 16.4 Å². The van der Waals surface area contributed by atoms with Crippen LogP contribution in [0.1, 0.15) is 43.2 Å². The Kier molecular flexibility index (Phi) is 6.88. The molecule has 1 aromatic carbocycles. The standard InChI is InChI=1S/C20H29N5O2S/c21-11-8-17-19(28(22,26)27)7-6-18(25-16-4-2-1-3-5-16)20(17)24-14-15-9-12-23-13-10-15/h6-7,9-10,12-13,16,24-25H,1-5,8,11,14,21H2,(H2,22,26,27). The smallest absolute Gasteiger partial charge is 0.238 e. The van der Waals surface area contributed by atoms with Crippen molar-refractivity contribution in [3.63, 3.8) is 0 Å². The average molecular weight is 404 g/mol. The van der Waals surface area contributed by atoms with Crippen LogP contribution in [-0.2, 0) is 23.0 Å². The van der Waals surface area contributed by atoms with E-state index in [2.05, 4.69) is 15.6 Å². The van der Waals surface area contributed by atoms with E-state index in [0.29, 0.717) is 31.1 Å². The minimum absolute atomic E-state index is 0.129. The quantitative estimate of drug-likeness (QED) is 0.537. The second-order valence-corrected chi connectivity index (χ2v) is 8.77. The summed E-state index contributed by atoms with van der Waals surface area (Å²) >= 11 is 0. The molecular formula is C20H29N5O2S. The molecule has 1 heterocycles. The maximum absolute atomic E-state index is 12.1. The van der Waals surface area contributed by atoms with Crippen LogP contribution in [0.15, 0.2) is 41.6 Å². The molecule has 0 radical (unpaired) electrons. The molecule has 28 heavy (non-hydrogen) atoms. The van der Waals surface area contributed by atoms with Crippen molar-refractivity contribution in [2.24, 2.45) is 10.9 Å². The minimum atomic E-state index is -3.84. The van der Waals surface area contributed by atoms with Crippen molar-refractivity contribution < 1.29 is 8.42 Å². The highest BCUT2D eigenvalue weighted by molar-refractivity contribution is 7.89. The van der Waals surface area contributed by atoms with Gasteiger partial charge in [-0.2, -0.15) is 0 Å². The second-order valence-electron chi connectivity index (χ2n) is 7.24. The predicted octanol–water partition coefficient (Wildman–Crippen LogP) is 2.59. The third kappa shape index (κ3) is 5.21. The molecule has 8 heteroatoms. The number of benzene rings is 1. The Hall–Kier alpha value is -2.16. The van der Waals surface area contributed by atoms with E-state index in [1.54, 1.807) is 18.5 Å². The summed E-state index contributed by atoms with van der Waals surface area (Å²) in [6.07, 6.45) is 9.82. The lowest BCUT2D eigenvalue weighted by Gasteiger charge is -2.27. The Morgan fingerprint density at radius 1 is 1.07 bits per heavy atom. The lowest BCUT2D eigenvalue weighted by Crippen LogP contribution is -2.24. The molecule has 0 saturated heterocycles. The fourth-order valence-electron chi connectivity index (χ4n) is 3.77. The van der Waals surface area contributed by atoms with Gasteiger partial charge in [0, 0.05) is 25.0 Å². The molecule has 1 fully saturated rings. The fourth-order valence-corrected chi connectivity index (χ4v) is 4.57. The average Bonchev–Trinajstić information content (AvgIpc) is 2.68. The zero-order valence-corrected chi connectivity index (χ0v) is 16.8. The van der Waals surface area contributed by atoms with Crippen molar-refractivity contribution in [1.29, 1.82) is 0 Å². The number of hydrogen-bond donors (Lipinski definition) is 4. The Bertz CT molecular complexity index is 881. The van der Waals surface area contributed by atoms with Crippen molar-refractivity contribution in [3.05, 3.63) is 47.8 Å². The third-order valence-corrected chi connectivity index (χ3v) is 6.15. The molecule has 152 valence electrons. The molecule has 1 aliphatic carbocycles. The highest BCUT2D eigenvalue weighted by Gasteiger charge is 2.22. The minimum Gasteiger partial charge on any atom is -0.381 e. The van der Waals surface area contributed by atoms with Crippen LogP contribution in [0.2, 0.25) is 0 Å². The van der Waals surface area contributed by atoms with Crippen LogP contribution in [-0.4, -0.2) is 26.0 Å². The molecule has 0 amide bonds. The van der Waals surface area contributed by atoms with Crippen LogP contribution in [0.3, 0.4) is 0 Å². The molecule has 7 nitrogen and oxygen atoms in total. The summed E-state index contributed by atoms with van der Waals surface area (Å²) in [5, 5.41) is 12.5. The van der Waals surface area contributed by atoms with E-state index in [4.69, 9.17) is 10.9 Å². The van der Waals surface area contributed by atoms with E-state index < -0.39 is 10.0 Å². The Morgan fingerprint density at radius 3 is 2.43 bits per heavy atom. The Balaban J connectivity index is 1.97. The van der Waals surface area contributed by atoms with Gasteiger partial charge >= 0.3 is 0 Å². The van der Waals surface area contributed by atoms with Crippen molar-refractivity contribution >= 4 is 21.4 Å². The molecule has 1 aromatic heterocycles. The van der Waals surface area contributed by atoms with E-state index in [-0.39, 0.29) is 4.90 Å². The van der Waals surface area contributed by atoms with Gasteiger partial charge in [0.15, 0.2) is 0 Å². The first-order valence-electron chi connectivity index (χ1n) is 9.77. The second kappa shape index (κ2) is 9.36. The van der Waals surface area contributed by atoms with Crippen molar-refractivity contribution in [3.8, 4) is 0 Å². The molecule has 0 aliphatic heterocycles. The number of pyridine rings is 1. The van der Waals surface area contributed by atoms with Gasteiger partial charge in [0.1, 0.15) is 0 Å². The van der Waals surface area contributed by atoms with Gasteiger partial charge in [0.25, 0.3) is 0 Å². The van der Waals surface area contributed by atoms with E-state index in [1.807, 2.05) is 18.2 Å². The molecule has 0 atom stereocenters. The van der Waals surface area contributed by atoms with E-state index in [0.717, 1.165) is 29.8 Å².